The third kappa shape index (κ3) is 6.43. The number of nitrogens with zero attached hydrogens (tertiary/aromatic N) is 2. The predicted octanol–water partition coefficient (Wildman–Crippen LogP) is 1.84. The molecule has 0 radical (unpaired) electrons. The summed E-state index contributed by atoms with van der Waals surface area (Å²) in [6.45, 7) is 3.37. The molecule has 1 aliphatic rings. The normalized spacial score (nSPS) is 16.2. The Morgan fingerprint density at radius 2 is 1.87 bits per heavy atom. The number of hydrogen-bond acceptors (Lipinski definition) is 5. The van der Waals surface area contributed by atoms with Crippen LogP contribution in [0.15, 0.2) is 58.4 Å². The molecule has 1 saturated heterocycles. The van der Waals surface area contributed by atoms with Crippen LogP contribution in [0.1, 0.15) is 30.0 Å². The van der Waals surface area contributed by atoms with Crippen molar-refractivity contribution in [3.8, 4) is 5.75 Å². The van der Waals surface area contributed by atoms with Gasteiger partial charge in [-0.2, -0.15) is 0 Å². The van der Waals surface area contributed by atoms with Crippen LogP contribution in [0, 0.1) is 0 Å². The van der Waals surface area contributed by atoms with E-state index in [9.17, 15) is 8.42 Å². The average molecular weight is 446 g/mol. The molecule has 0 amide bonds. The van der Waals surface area contributed by atoms with Crippen LogP contribution < -0.4 is 20.5 Å². The molecule has 1 aliphatic heterocycles. The molecule has 2 aromatic carbocycles. The number of nitrogens with two attached hydrogens (primary N) is 1. The van der Waals surface area contributed by atoms with Crippen molar-refractivity contribution in [2.75, 3.05) is 33.8 Å². The van der Waals surface area contributed by atoms with Gasteiger partial charge in [0.25, 0.3) is 0 Å². The molecule has 0 spiro atoms. The van der Waals surface area contributed by atoms with Gasteiger partial charge in [0, 0.05) is 20.1 Å². The van der Waals surface area contributed by atoms with E-state index in [-0.39, 0.29) is 10.9 Å². The zero-order valence-electron chi connectivity index (χ0n) is 18.0. The third-order valence-electron chi connectivity index (χ3n) is 5.46. The van der Waals surface area contributed by atoms with Crippen molar-refractivity contribution in [3.63, 3.8) is 0 Å². The van der Waals surface area contributed by atoms with E-state index in [2.05, 4.69) is 32.7 Å². The van der Waals surface area contributed by atoms with Crippen LogP contribution in [0.2, 0.25) is 0 Å². The second-order valence-electron chi connectivity index (χ2n) is 7.53. The summed E-state index contributed by atoms with van der Waals surface area (Å²) in [4.78, 5) is 6.91. The molecular formula is C22H31N5O3S. The number of primary sulfonamides is 1. The average Bonchev–Trinajstić information content (AvgIpc) is 3.30. The van der Waals surface area contributed by atoms with Crippen LogP contribution in [0.4, 0.5) is 0 Å². The number of aliphatic imine (C=N–C) groups is 1. The maximum Gasteiger partial charge on any atom is 0.238 e. The van der Waals surface area contributed by atoms with Crippen LogP contribution in [-0.2, 0) is 16.6 Å². The maximum absolute atomic E-state index is 11.4. The van der Waals surface area contributed by atoms with Crippen LogP contribution in [0.25, 0.3) is 0 Å². The number of guanidine groups is 1. The van der Waals surface area contributed by atoms with Crippen molar-refractivity contribution in [2.24, 2.45) is 10.1 Å². The quantitative estimate of drug-likeness (QED) is 0.423. The van der Waals surface area contributed by atoms with Crippen molar-refractivity contribution in [2.45, 2.75) is 30.3 Å². The molecule has 4 N–H and O–H groups in total. The number of sulfonamides is 1. The van der Waals surface area contributed by atoms with E-state index in [1.54, 1.807) is 26.3 Å². The summed E-state index contributed by atoms with van der Waals surface area (Å²) in [6, 6.07) is 14.9. The summed E-state index contributed by atoms with van der Waals surface area (Å²) >= 11 is 0. The van der Waals surface area contributed by atoms with Gasteiger partial charge < -0.3 is 15.4 Å². The molecule has 0 aliphatic carbocycles. The van der Waals surface area contributed by atoms with Gasteiger partial charge in [0.2, 0.25) is 10.0 Å². The van der Waals surface area contributed by atoms with Gasteiger partial charge in [-0.05, 0) is 61.3 Å². The molecule has 1 fully saturated rings. The van der Waals surface area contributed by atoms with E-state index in [4.69, 9.17) is 9.88 Å². The van der Waals surface area contributed by atoms with Crippen LogP contribution in [-0.4, -0.2) is 53.1 Å². The second-order valence-corrected chi connectivity index (χ2v) is 9.09. The fraction of sp³-hybridized carbons (Fsp3) is 0.409. The van der Waals surface area contributed by atoms with Gasteiger partial charge >= 0.3 is 0 Å². The molecule has 31 heavy (non-hydrogen) atoms. The summed E-state index contributed by atoms with van der Waals surface area (Å²) in [5, 5.41) is 11.9. The number of ether oxygens (including phenoxy) is 1. The molecule has 0 aromatic heterocycles. The van der Waals surface area contributed by atoms with E-state index >= 15 is 0 Å². The molecule has 3 rings (SSSR count). The number of rotatable bonds is 8. The van der Waals surface area contributed by atoms with Crippen molar-refractivity contribution in [3.05, 3.63) is 59.7 Å². The first-order chi connectivity index (χ1) is 14.9. The summed E-state index contributed by atoms with van der Waals surface area (Å²) < 4.78 is 28.2. The van der Waals surface area contributed by atoms with Gasteiger partial charge in [0.1, 0.15) is 5.75 Å². The highest BCUT2D eigenvalue weighted by Gasteiger charge is 2.24. The summed E-state index contributed by atoms with van der Waals surface area (Å²) in [6.07, 6.45) is 2.42. The number of methoxy groups -OCH3 is 1. The lowest BCUT2D eigenvalue weighted by Gasteiger charge is -2.29. The number of benzene rings is 2. The highest BCUT2D eigenvalue weighted by Crippen LogP contribution is 2.27. The molecule has 2 aromatic rings. The molecule has 9 heteroatoms. The minimum atomic E-state index is -3.68. The Morgan fingerprint density at radius 3 is 2.48 bits per heavy atom. The predicted molar refractivity (Wildman–Crippen MR) is 123 cm³/mol. The minimum Gasteiger partial charge on any atom is -0.497 e. The van der Waals surface area contributed by atoms with Crippen LogP contribution >= 0.6 is 0 Å². The molecule has 1 heterocycles. The third-order valence-corrected chi connectivity index (χ3v) is 6.39. The van der Waals surface area contributed by atoms with Gasteiger partial charge in [-0.25, -0.2) is 13.6 Å². The summed E-state index contributed by atoms with van der Waals surface area (Å²) in [5.41, 5.74) is 2.14. The first kappa shape index (κ1) is 23.1. The monoisotopic (exact) mass is 445 g/mol. The Labute approximate surface area is 184 Å². The number of hydrogen-bond donors (Lipinski definition) is 3. The Kier molecular flexibility index (Phi) is 7.89. The maximum atomic E-state index is 11.4. The SMILES string of the molecule is CN=C(NCc1ccc(S(N)(=O)=O)cc1)NCC(c1cccc(OC)c1)N1CCCC1. The van der Waals surface area contributed by atoms with E-state index in [0.29, 0.717) is 19.0 Å². The summed E-state index contributed by atoms with van der Waals surface area (Å²) in [7, 11) is -0.267. The van der Waals surface area contributed by atoms with Crippen LogP contribution in [0.3, 0.4) is 0 Å². The van der Waals surface area contributed by atoms with Gasteiger partial charge in [-0.1, -0.05) is 24.3 Å². The van der Waals surface area contributed by atoms with Crippen molar-refractivity contribution in [1.29, 1.82) is 0 Å². The molecular weight excluding hydrogens is 414 g/mol. The molecule has 8 nitrogen and oxygen atoms in total. The Hall–Kier alpha value is -2.62. The Balaban J connectivity index is 1.62. The lowest BCUT2D eigenvalue weighted by atomic mass is 10.1. The molecule has 0 saturated carbocycles. The first-order valence-corrected chi connectivity index (χ1v) is 11.9. The Bertz CT molecular complexity index is 986. The van der Waals surface area contributed by atoms with E-state index < -0.39 is 10.0 Å². The highest BCUT2D eigenvalue weighted by atomic mass is 32.2. The summed E-state index contributed by atoms with van der Waals surface area (Å²) in [5.74, 6) is 1.54. The number of nitrogens with one attached hydrogen (secondary N) is 2. The zero-order valence-corrected chi connectivity index (χ0v) is 18.9. The smallest absolute Gasteiger partial charge is 0.238 e. The fourth-order valence-electron chi connectivity index (χ4n) is 3.76. The standard InChI is InChI=1S/C22H31N5O3S/c1-24-22(25-15-17-8-10-20(11-9-17)31(23,28)29)26-16-21(27-12-3-4-13-27)18-6-5-7-19(14-18)30-2/h5-11,14,21H,3-4,12-13,15-16H2,1-2H3,(H2,23,28,29)(H2,24,25,26). The molecule has 1 atom stereocenters. The molecule has 0 bridgehead atoms. The van der Waals surface area contributed by atoms with Crippen LogP contribution in [0.5, 0.6) is 5.75 Å². The van der Waals surface area contributed by atoms with E-state index in [1.165, 1.54) is 30.5 Å². The molecule has 168 valence electrons. The lowest BCUT2D eigenvalue weighted by molar-refractivity contribution is 0.245. The van der Waals surface area contributed by atoms with Crippen molar-refractivity contribution < 1.29 is 13.2 Å². The fourth-order valence-corrected chi connectivity index (χ4v) is 4.27. The highest BCUT2D eigenvalue weighted by molar-refractivity contribution is 7.89. The number of likely N-dealkylation sites (tertiary alicyclic amines) is 1. The van der Waals surface area contributed by atoms with Gasteiger partial charge in [-0.15, -0.1) is 0 Å². The van der Waals surface area contributed by atoms with Gasteiger partial charge in [-0.3, -0.25) is 9.89 Å². The molecule has 1 unspecified atom stereocenters. The van der Waals surface area contributed by atoms with Crippen molar-refractivity contribution in [1.82, 2.24) is 15.5 Å². The Morgan fingerprint density at radius 1 is 1.16 bits per heavy atom. The van der Waals surface area contributed by atoms with E-state index in [1.807, 2.05) is 12.1 Å². The minimum absolute atomic E-state index is 0.102. The first-order valence-electron chi connectivity index (χ1n) is 10.3. The van der Waals surface area contributed by atoms with Gasteiger partial charge in [0.05, 0.1) is 18.0 Å². The second kappa shape index (κ2) is 10.6. The largest absolute Gasteiger partial charge is 0.497 e. The van der Waals surface area contributed by atoms with Gasteiger partial charge in [0.15, 0.2) is 5.96 Å². The lowest BCUT2D eigenvalue weighted by Crippen LogP contribution is -2.42. The van der Waals surface area contributed by atoms with Crippen molar-refractivity contribution >= 4 is 16.0 Å². The topological polar surface area (TPSA) is 109 Å². The zero-order chi connectivity index (χ0) is 22.3. The van der Waals surface area contributed by atoms with E-state index in [0.717, 1.165) is 24.4 Å².